The molecular formula is C19H21N3O3S. The van der Waals surface area contributed by atoms with Gasteiger partial charge in [0.1, 0.15) is 0 Å². The first-order valence-corrected chi connectivity index (χ1v) is 10.6. The van der Waals surface area contributed by atoms with E-state index in [1.54, 1.807) is 12.1 Å². The number of ether oxygens (including phenoxy) is 1. The van der Waals surface area contributed by atoms with Crippen molar-refractivity contribution in [3.8, 4) is 0 Å². The lowest BCUT2D eigenvalue weighted by Crippen LogP contribution is -2.30. The first-order chi connectivity index (χ1) is 12.6. The summed E-state index contributed by atoms with van der Waals surface area (Å²) >= 11 is 0. The Kier molecular flexibility index (Phi) is 3.77. The fraction of sp³-hybridized carbons (Fsp3) is 0.421. The molecule has 0 spiro atoms. The van der Waals surface area contributed by atoms with Crippen LogP contribution in [0, 0.1) is 0 Å². The number of aromatic nitrogens is 1. The van der Waals surface area contributed by atoms with Crippen molar-refractivity contribution < 1.29 is 13.2 Å². The van der Waals surface area contributed by atoms with Crippen molar-refractivity contribution in [2.24, 2.45) is 0 Å². The Balaban J connectivity index is 1.34. The number of anilines is 1. The van der Waals surface area contributed by atoms with E-state index in [0.717, 1.165) is 25.7 Å². The zero-order valence-corrected chi connectivity index (χ0v) is 15.2. The van der Waals surface area contributed by atoms with Crippen molar-refractivity contribution in [1.82, 2.24) is 9.71 Å². The summed E-state index contributed by atoms with van der Waals surface area (Å²) < 4.78 is 32.9. The molecule has 1 aromatic carbocycles. The summed E-state index contributed by atoms with van der Waals surface area (Å²) in [4.78, 5) is 3.91. The monoisotopic (exact) mass is 371 g/mol. The van der Waals surface area contributed by atoms with Crippen molar-refractivity contribution in [2.45, 2.75) is 56.0 Å². The van der Waals surface area contributed by atoms with Gasteiger partial charge in [0.15, 0.2) is 17.5 Å². The van der Waals surface area contributed by atoms with Gasteiger partial charge in [0.25, 0.3) is 10.0 Å². The molecule has 136 valence electrons. The Bertz CT molecular complexity index is 927. The second kappa shape index (κ2) is 6.04. The summed E-state index contributed by atoms with van der Waals surface area (Å²) in [5, 5.41) is 3.48. The molecule has 0 saturated carbocycles. The zero-order chi connectivity index (χ0) is 17.7. The van der Waals surface area contributed by atoms with Gasteiger partial charge < -0.3 is 10.1 Å². The number of pyridine rings is 1. The molecule has 1 aromatic heterocycles. The van der Waals surface area contributed by atoms with E-state index >= 15 is 0 Å². The number of epoxide rings is 1. The summed E-state index contributed by atoms with van der Waals surface area (Å²) in [6.45, 7) is 0. The van der Waals surface area contributed by atoms with E-state index in [1.165, 1.54) is 53.0 Å². The second-order valence-electron chi connectivity index (χ2n) is 7.14. The highest BCUT2D eigenvalue weighted by Gasteiger charge is 2.43. The highest BCUT2D eigenvalue weighted by atomic mass is 32.2. The van der Waals surface area contributed by atoms with Crippen LogP contribution in [0.25, 0.3) is 0 Å². The predicted molar refractivity (Wildman–Crippen MR) is 97.3 cm³/mol. The zero-order valence-electron chi connectivity index (χ0n) is 14.4. The van der Waals surface area contributed by atoms with E-state index in [1.807, 2.05) is 0 Å². The summed E-state index contributed by atoms with van der Waals surface area (Å²) in [5.74, 6) is 0. The molecule has 2 aromatic rings. The Morgan fingerprint density at radius 3 is 2.38 bits per heavy atom. The number of aryl methyl sites for hydroxylation is 2. The SMILES string of the molecule is O=S(=O)(NC1OC1Nc1c2c(cc3c1CCC3)CCC2)c1ccccn1. The van der Waals surface area contributed by atoms with E-state index in [4.69, 9.17) is 4.74 Å². The maximum Gasteiger partial charge on any atom is 0.260 e. The Labute approximate surface area is 153 Å². The molecule has 2 unspecified atom stereocenters. The summed E-state index contributed by atoms with van der Waals surface area (Å²) in [6, 6.07) is 7.20. The molecule has 1 saturated heterocycles. The molecule has 26 heavy (non-hydrogen) atoms. The fourth-order valence-electron chi connectivity index (χ4n) is 4.16. The van der Waals surface area contributed by atoms with Crippen molar-refractivity contribution in [1.29, 1.82) is 0 Å². The average Bonchev–Trinajstić information content (AvgIpc) is 3.04. The van der Waals surface area contributed by atoms with Crippen LogP contribution in [0.2, 0.25) is 0 Å². The first kappa shape index (κ1) is 16.2. The van der Waals surface area contributed by atoms with Crippen molar-refractivity contribution >= 4 is 15.7 Å². The number of benzene rings is 1. The van der Waals surface area contributed by atoms with Gasteiger partial charge in [0.2, 0.25) is 0 Å². The number of hydrogen-bond donors (Lipinski definition) is 2. The van der Waals surface area contributed by atoms with E-state index in [9.17, 15) is 8.42 Å². The van der Waals surface area contributed by atoms with Crippen LogP contribution in [0.1, 0.15) is 35.1 Å². The van der Waals surface area contributed by atoms with E-state index in [2.05, 4.69) is 21.1 Å². The van der Waals surface area contributed by atoms with Gasteiger partial charge in [0, 0.05) is 11.9 Å². The van der Waals surface area contributed by atoms with Gasteiger partial charge in [-0.2, -0.15) is 4.72 Å². The molecule has 2 heterocycles. The number of fused-ring (bicyclic) bond motifs is 2. The van der Waals surface area contributed by atoms with Crippen molar-refractivity contribution in [2.75, 3.05) is 5.32 Å². The van der Waals surface area contributed by atoms with Crippen molar-refractivity contribution in [3.05, 3.63) is 52.7 Å². The largest absolute Gasteiger partial charge is 0.356 e. The lowest BCUT2D eigenvalue weighted by molar-refractivity contribution is 0.373. The van der Waals surface area contributed by atoms with Crippen LogP contribution in [0.5, 0.6) is 0 Å². The van der Waals surface area contributed by atoms with Gasteiger partial charge >= 0.3 is 0 Å². The average molecular weight is 371 g/mol. The van der Waals surface area contributed by atoms with Crippen LogP contribution >= 0.6 is 0 Å². The minimum Gasteiger partial charge on any atom is -0.356 e. The Morgan fingerprint density at radius 1 is 1.00 bits per heavy atom. The number of nitrogens with one attached hydrogen (secondary N) is 2. The minimum atomic E-state index is -3.67. The molecule has 2 aliphatic carbocycles. The van der Waals surface area contributed by atoms with Gasteiger partial charge in [-0.15, -0.1) is 0 Å². The minimum absolute atomic E-state index is 0.00995. The quantitative estimate of drug-likeness (QED) is 0.787. The van der Waals surface area contributed by atoms with Crippen LogP contribution in [-0.2, 0) is 40.4 Å². The third kappa shape index (κ3) is 2.80. The van der Waals surface area contributed by atoms with Gasteiger partial charge in [-0.25, -0.2) is 13.4 Å². The van der Waals surface area contributed by atoms with Crippen molar-refractivity contribution in [3.63, 3.8) is 0 Å². The fourth-order valence-corrected chi connectivity index (χ4v) is 5.23. The van der Waals surface area contributed by atoms with Crippen LogP contribution in [0.3, 0.4) is 0 Å². The standard InChI is InChI=1S/C19H21N3O3S/c23-26(24,16-9-1-2-10-20-16)22-19-18(25-19)21-17-14-7-3-5-12(14)11-13-6-4-8-15(13)17/h1-2,9-11,18-19,21-22H,3-8H2. The van der Waals surface area contributed by atoms with Crippen LogP contribution < -0.4 is 10.0 Å². The van der Waals surface area contributed by atoms with E-state index in [0.29, 0.717) is 0 Å². The molecule has 1 fully saturated rings. The molecule has 0 bridgehead atoms. The molecular weight excluding hydrogens is 350 g/mol. The van der Waals surface area contributed by atoms with E-state index < -0.39 is 16.3 Å². The van der Waals surface area contributed by atoms with Crippen LogP contribution in [0.4, 0.5) is 5.69 Å². The van der Waals surface area contributed by atoms with Gasteiger partial charge in [-0.1, -0.05) is 12.1 Å². The lowest BCUT2D eigenvalue weighted by atomic mass is 9.98. The molecule has 6 nitrogen and oxygen atoms in total. The second-order valence-corrected chi connectivity index (χ2v) is 8.81. The Morgan fingerprint density at radius 2 is 1.73 bits per heavy atom. The van der Waals surface area contributed by atoms with Crippen LogP contribution in [-0.4, -0.2) is 25.9 Å². The number of sulfonamides is 1. The third-order valence-electron chi connectivity index (χ3n) is 5.44. The summed E-state index contributed by atoms with van der Waals surface area (Å²) in [7, 11) is -3.67. The molecule has 0 amide bonds. The number of nitrogens with zero attached hydrogens (tertiary/aromatic N) is 1. The molecule has 3 aliphatic rings. The number of hydrogen-bond acceptors (Lipinski definition) is 5. The lowest BCUT2D eigenvalue weighted by Gasteiger charge is -2.16. The van der Waals surface area contributed by atoms with Gasteiger partial charge in [-0.3, -0.25) is 0 Å². The molecule has 1 aliphatic heterocycles. The Hall–Kier alpha value is -1.96. The van der Waals surface area contributed by atoms with Crippen LogP contribution in [0.15, 0.2) is 35.5 Å². The molecule has 0 radical (unpaired) electrons. The third-order valence-corrected chi connectivity index (χ3v) is 6.77. The smallest absolute Gasteiger partial charge is 0.260 e. The summed E-state index contributed by atoms with van der Waals surface area (Å²) in [6.07, 6.45) is 7.40. The summed E-state index contributed by atoms with van der Waals surface area (Å²) in [5.41, 5.74) is 6.87. The molecule has 2 atom stereocenters. The molecule has 7 heteroatoms. The maximum absolute atomic E-state index is 12.4. The molecule has 2 N–H and O–H groups in total. The van der Waals surface area contributed by atoms with Gasteiger partial charge in [-0.05, 0) is 72.9 Å². The first-order valence-electron chi connectivity index (χ1n) is 9.14. The predicted octanol–water partition coefficient (Wildman–Crippen LogP) is 2.13. The highest BCUT2D eigenvalue weighted by Crippen LogP contribution is 2.40. The van der Waals surface area contributed by atoms with E-state index in [-0.39, 0.29) is 11.3 Å². The number of rotatable bonds is 5. The maximum atomic E-state index is 12.4. The molecule has 5 rings (SSSR count). The highest BCUT2D eigenvalue weighted by molar-refractivity contribution is 7.89. The van der Waals surface area contributed by atoms with Gasteiger partial charge in [0.05, 0.1) is 0 Å². The topological polar surface area (TPSA) is 83.6 Å². The normalized spacial score (nSPS) is 23.5.